The van der Waals surface area contributed by atoms with Crippen LogP contribution in [0, 0.1) is 5.41 Å². The van der Waals surface area contributed by atoms with Crippen LogP contribution in [0.25, 0.3) is 0 Å². The van der Waals surface area contributed by atoms with Gasteiger partial charge in [0.05, 0.1) is 6.61 Å². The van der Waals surface area contributed by atoms with Gasteiger partial charge in [0.15, 0.2) is 0 Å². The van der Waals surface area contributed by atoms with Crippen LogP contribution in [0.5, 0.6) is 0 Å². The Balaban J connectivity index is 3.49. The number of ether oxygens (including phenoxy) is 1. The maximum Gasteiger partial charge on any atom is 0.205 e. The predicted molar refractivity (Wildman–Crippen MR) is 38.7 cm³/mol. The standard InChI is InChI=1S/C7H11NO/c1-3-5-6-7(8)9-4-2/h3,5-6,8H,1,4H2,2H3/b6-5-,8-7?. The first-order valence-electron chi connectivity index (χ1n) is 2.81. The van der Waals surface area contributed by atoms with Crippen molar-refractivity contribution in [1.82, 2.24) is 0 Å². The van der Waals surface area contributed by atoms with E-state index in [0.717, 1.165) is 0 Å². The highest BCUT2D eigenvalue weighted by molar-refractivity contribution is 5.84. The second-order valence-corrected chi connectivity index (χ2v) is 1.39. The first-order chi connectivity index (χ1) is 4.31. The predicted octanol–water partition coefficient (Wildman–Crippen LogP) is 1.74. The molecule has 0 aliphatic carbocycles. The van der Waals surface area contributed by atoms with Gasteiger partial charge in [0.1, 0.15) is 0 Å². The smallest absolute Gasteiger partial charge is 0.205 e. The van der Waals surface area contributed by atoms with Crippen molar-refractivity contribution >= 4 is 5.90 Å². The molecule has 0 saturated heterocycles. The Kier molecular flexibility index (Phi) is 4.50. The molecule has 0 radical (unpaired) electrons. The van der Waals surface area contributed by atoms with Crippen LogP contribution in [0.4, 0.5) is 0 Å². The van der Waals surface area contributed by atoms with E-state index < -0.39 is 0 Å². The van der Waals surface area contributed by atoms with E-state index in [1.807, 2.05) is 6.92 Å². The molecule has 0 atom stereocenters. The minimum atomic E-state index is 0.178. The normalized spacial score (nSPS) is 9.44. The second kappa shape index (κ2) is 5.09. The third-order valence-corrected chi connectivity index (χ3v) is 0.684. The van der Waals surface area contributed by atoms with Gasteiger partial charge >= 0.3 is 0 Å². The molecule has 0 heterocycles. The van der Waals surface area contributed by atoms with Crippen LogP contribution in [0.3, 0.4) is 0 Å². The first kappa shape index (κ1) is 7.95. The Morgan fingerprint density at radius 3 is 2.89 bits per heavy atom. The van der Waals surface area contributed by atoms with Gasteiger partial charge in [0, 0.05) is 0 Å². The largest absolute Gasteiger partial charge is 0.478 e. The first-order valence-corrected chi connectivity index (χ1v) is 2.81. The number of nitrogens with one attached hydrogen (secondary N) is 1. The molecule has 0 aliphatic rings. The zero-order valence-electron chi connectivity index (χ0n) is 5.55. The fraction of sp³-hybridized carbons (Fsp3) is 0.286. The molecule has 2 nitrogen and oxygen atoms in total. The third kappa shape index (κ3) is 4.81. The van der Waals surface area contributed by atoms with E-state index in [9.17, 15) is 0 Å². The quantitative estimate of drug-likeness (QED) is 0.348. The number of hydrogen-bond donors (Lipinski definition) is 1. The van der Waals surface area contributed by atoms with Crippen molar-refractivity contribution in [1.29, 1.82) is 5.41 Å². The van der Waals surface area contributed by atoms with Gasteiger partial charge in [-0.05, 0) is 13.0 Å². The van der Waals surface area contributed by atoms with Crippen LogP contribution in [-0.2, 0) is 4.74 Å². The van der Waals surface area contributed by atoms with Crippen LogP contribution in [0.2, 0.25) is 0 Å². The summed E-state index contributed by atoms with van der Waals surface area (Å²) >= 11 is 0. The second-order valence-electron chi connectivity index (χ2n) is 1.39. The van der Waals surface area contributed by atoms with Crippen LogP contribution in [0.1, 0.15) is 6.92 Å². The summed E-state index contributed by atoms with van der Waals surface area (Å²) in [5.41, 5.74) is 0. The van der Waals surface area contributed by atoms with Crippen LogP contribution < -0.4 is 0 Å². The van der Waals surface area contributed by atoms with E-state index in [-0.39, 0.29) is 5.90 Å². The summed E-state index contributed by atoms with van der Waals surface area (Å²) in [5.74, 6) is 0.178. The molecule has 2 heteroatoms. The molecule has 0 saturated carbocycles. The van der Waals surface area contributed by atoms with Crippen LogP contribution in [-0.4, -0.2) is 12.5 Å². The molecular weight excluding hydrogens is 114 g/mol. The maximum atomic E-state index is 7.04. The number of rotatable bonds is 3. The fourth-order valence-electron chi connectivity index (χ4n) is 0.359. The van der Waals surface area contributed by atoms with Gasteiger partial charge < -0.3 is 4.74 Å². The summed E-state index contributed by atoms with van der Waals surface area (Å²) in [6.45, 7) is 5.84. The number of allylic oxidation sites excluding steroid dienone is 2. The SMILES string of the molecule is C=C/C=C\C(=N)OCC. The maximum absolute atomic E-state index is 7.04. The van der Waals surface area contributed by atoms with Gasteiger partial charge in [-0.3, -0.25) is 5.41 Å². The van der Waals surface area contributed by atoms with Crippen LogP contribution >= 0.6 is 0 Å². The Hall–Kier alpha value is -1.05. The highest BCUT2D eigenvalue weighted by Gasteiger charge is 1.83. The molecule has 0 aromatic rings. The van der Waals surface area contributed by atoms with E-state index in [0.29, 0.717) is 6.61 Å². The Labute approximate surface area is 55.3 Å². The van der Waals surface area contributed by atoms with Gasteiger partial charge in [0.2, 0.25) is 5.90 Å². The molecule has 0 aromatic heterocycles. The molecule has 0 aromatic carbocycles. The summed E-state index contributed by atoms with van der Waals surface area (Å²) in [6.07, 6.45) is 4.82. The van der Waals surface area contributed by atoms with E-state index in [1.165, 1.54) is 0 Å². The fourth-order valence-corrected chi connectivity index (χ4v) is 0.359. The molecular formula is C7H11NO. The highest BCUT2D eigenvalue weighted by atomic mass is 16.5. The van der Waals surface area contributed by atoms with Gasteiger partial charge in [-0.1, -0.05) is 18.7 Å². The molecule has 0 aliphatic heterocycles. The van der Waals surface area contributed by atoms with E-state index >= 15 is 0 Å². The van der Waals surface area contributed by atoms with Gasteiger partial charge in [-0.25, -0.2) is 0 Å². The summed E-state index contributed by atoms with van der Waals surface area (Å²) in [4.78, 5) is 0. The summed E-state index contributed by atoms with van der Waals surface area (Å²) in [6, 6.07) is 0. The Morgan fingerprint density at radius 1 is 1.78 bits per heavy atom. The minimum Gasteiger partial charge on any atom is -0.478 e. The van der Waals surface area contributed by atoms with Crippen molar-refractivity contribution in [3.05, 3.63) is 24.8 Å². The lowest BCUT2D eigenvalue weighted by Gasteiger charge is -1.95. The third-order valence-electron chi connectivity index (χ3n) is 0.684. The molecule has 0 amide bonds. The molecule has 0 unspecified atom stereocenters. The van der Waals surface area contributed by atoms with Crippen molar-refractivity contribution in [3.8, 4) is 0 Å². The van der Waals surface area contributed by atoms with Crippen LogP contribution in [0.15, 0.2) is 24.8 Å². The van der Waals surface area contributed by atoms with Gasteiger partial charge in [-0.2, -0.15) is 0 Å². The Morgan fingerprint density at radius 2 is 2.44 bits per heavy atom. The van der Waals surface area contributed by atoms with E-state index in [2.05, 4.69) is 6.58 Å². The lowest BCUT2D eigenvalue weighted by Crippen LogP contribution is -1.97. The highest BCUT2D eigenvalue weighted by Crippen LogP contribution is 1.80. The topological polar surface area (TPSA) is 33.1 Å². The summed E-state index contributed by atoms with van der Waals surface area (Å²) in [5, 5.41) is 7.04. The Bertz CT molecular complexity index is 127. The molecule has 0 bridgehead atoms. The van der Waals surface area contributed by atoms with E-state index in [1.54, 1.807) is 18.2 Å². The lowest BCUT2D eigenvalue weighted by molar-refractivity contribution is 0.327. The molecule has 0 rings (SSSR count). The average Bonchev–Trinajstić information content (AvgIpc) is 1.85. The molecule has 0 spiro atoms. The van der Waals surface area contributed by atoms with Crippen molar-refractivity contribution in [2.75, 3.05) is 6.61 Å². The van der Waals surface area contributed by atoms with Crippen molar-refractivity contribution in [2.45, 2.75) is 6.92 Å². The number of hydrogen-bond acceptors (Lipinski definition) is 2. The summed E-state index contributed by atoms with van der Waals surface area (Å²) < 4.78 is 4.79. The van der Waals surface area contributed by atoms with Gasteiger partial charge in [0.25, 0.3) is 0 Å². The average molecular weight is 125 g/mol. The minimum absolute atomic E-state index is 0.178. The van der Waals surface area contributed by atoms with E-state index in [4.69, 9.17) is 10.1 Å². The molecule has 50 valence electrons. The zero-order valence-corrected chi connectivity index (χ0v) is 5.55. The van der Waals surface area contributed by atoms with Gasteiger partial charge in [-0.15, -0.1) is 0 Å². The van der Waals surface area contributed by atoms with Crippen molar-refractivity contribution in [2.24, 2.45) is 0 Å². The summed E-state index contributed by atoms with van der Waals surface area (Å²) in [7, 11) is 0. The molecule has 9 heavy (non-hydrogen) atoms. The molecule has 0 fully saturated rings. The molecule has 1 N–H and O–H groups in total. The van der Waals surface area contributed by atoms with Crippen molar-refractivity contribution < 1.29 is 4.74 Å². The zero-order chi connectivity index (χ0) is 7.11. The van der Waals surface area contributed by atoms with Crippen molar-refractivity contribution in [3.63, 3.8) is 0 Å². The monoisotopic (exact) mass is 125 g/mol. The lowest BCUT2D eigenvalue weighted by atomic mass is 10.5.